The van der Waals surface area contributed by atoms with Crippen molar-refractivity contribution in [2.75, 3.05) is 18.5 Å². The number of anilines is 1. The molecule has 1 aromatic heterocycles. The molecule has 34 heavy (non-hydrogen) atoms. The number of aromatic nitrogens is 2. The molecule has 0 radical (unpaired) electrons. The van der Waals surface area contributed by atoms with Gasteiger partial charge in [0.25, 0.3) is 5.91 Å². The summed E-state index contributed by atoms with van der Waals surface area (Å²) >= 11 is 0. The summed E-state index contributed by atoms with van der Waals surface area (Å²) in [6.45, 7) is 4.06. The quantitative estimate of drug-likeness (QED) is 0.533. The minimum Gasteiger partial charge on any atom is -0.480 e. The lowest BCUT2D eigenvalue weighted by Gasteiger charge is -2.51. The first-order chi connectivity index (χ1) is 16.3. The van der Waals surface area contributed by atoms with E-state index >= 15 is 0 Å². The molecule has 3 aromatic rings. The summed E-state index contributed by atoms with van der Waals surface area (Å²) in [5, 5.41) is 18.5. The lowest BCUT2D eigenvalue weighted by molar-refractivity contribution is -0.156. The average Bonchev–Trinajstić information content (AvgIpc) is 3.38. The molecule has 1 atom stereocenters. The van der Waals surface area contributed by atoms with E-state index in [2.05, 4.69) is 27.6 Å². The van der Waals surface area contributed by atoms with Crippen molar-refractivity contribution in [3.8, 4) is 11.1 Å². The van der Waals surface area contributed by atoms with E-state index in [0.29, 0.717) is 6.54 Å². The van der Waals surface area contributed by atoms with Crippen LogP contribution in [0.1, 0.15) is 41.4 Å². The summed E-state index contributed by atoms with van der Waals surface area (Å²) in [5.74, 6) is -1.50. The molecule has 1 aliphatic heterocycles. The van der Waals surface area contributed by atoms with E-state index in [0.717, 1.165) is 22.3 Å². The minimum absolute atomic E-state index is 0.0720. The Morgan fingerprint density at radius 1 is 1.12 bits per heavy atom. The number of carboxylic acids is 1. The van der Waals surface area contributed by atoms with Gasteiger partial charge in [0.15, 0.2) is 5.82 Å². The molecule has 9 nitrogen and oxygen atoms in total. The van der Waals surface area contributed by atoms with Crippen molar-refractivity contribution >= 4 is 23.8 Å². The number of likely N-dealkylation sites (tertiary alicyclic amines) is 1. The van der Waals surface area contributed by atoms with Crippen molar-refractivity contribution in [2.45, 2.75) is 25.8 Å². The molecule has 2 amide bonds. The second-order valence-corrected chi connectivity index (χ2v) is 9.28. The third kappa shape index (κ3) is 3.59. The molecule has 0 spiro atoms. The number of rotatable bonds is 5. The maximum atomic E-state index is 12.7. The monoisotopic (exact) mass is 460 g/mol. The molecule has 1 saturated heterocycles. The number of carbonyl (C=O) groups is 3. The maximum Gasteiger partial charge on any atom is 0.412 e. The molecule has 174 valence electrons. The van der Waals surface area contributed by atoms with Crippen molar-refractivity contribution in [3.05, 3.63) is 71.4 Å². The van der Waals surface area contributed by atoms with E-state index in [9.17, 15) is 19.5 Å². The number of fused-ring (bicyclic) bond motifs is 3. The molecule has 0 saturated carbocycles. The zero-order valence-corrected chi connectivity index (χ0v) is 18.7. The number of aliphatic carboxylic acids is 1. The Balaban J connectivity index is 1.22. The number of benzene rings is 2. The summed E-state index contributed by atoms with van der Waals surface area (Å²) in [4.78, 5) is 38.0. The Morgan fingerprint density at radius 3 is 2.32 bits per heavy atom. The molecule has 2 heterocycles. The van der Waals surface area contributed by atoms with E-state index in [-0.39, 0.29) is 24.0 Å². The number of nitrogens with zero attached hydrogens (tertiary/aromatic N) is 2. The van der Waals surface area contributed by atoms with Crippen LogP contribution in [0.5, 0.6) is 0 Å². The van der Waals surface area contributed by atoms with Gasteiger partial charge in [-0.1, -0.05) is 62.4 Å². The summed E-state index contributed by atoms with van der Waals surface area (Å²) in [7, 11) is 0. The van der Waals surface area contributed by atoms with E-state index in [1.54, 1.807) is 13.8 Å². The van der Waals surface area contributed by atoms with Crippen molar-refractivity contribution < 1.29 is 24.2 Å². The van der Waals surface area contributed by atoms with Gasteiger partial charge < -0.3 is 14.7 Å². The first-order valence-corrected chi connectivity index (χ1v) is 11.0. The highest BCUT2D eigenvalue weighted by Crippen LogP contribution is 2.44. The molecule has 0 bridgehead atoms. The third-order valence-corrected chi connectivity index (χ3v) is 6.51. The molecule has 3 N–H and O–H groups in total. The standard InChI is InChI=1S/C25H24N4O5/c1-25(2)13-29(21(25)23(31)32)22(30)19-11-20(28-27-19)26-24(33)34-12-18-16-9-5-3-7-14(16)15-8-4-6-10-17(15)18/h3-11,18,21H,12-13H2,1-2H3,(H,31,32)(H2,26,27,28,33). The van der Waals surface area contributed by atoms with Crippen LogP contribution in [0, 0.1) is 5.41 Å². The zero-order chi connectivity index (χ0) is 24.0. The number of hydrogen-bond donors (Lipinski definition) is 3. The maximum absolute atomic E-state index is 12.7. The third-order valence-electron chi connectivity index (χ3n) is 6.51. The molecule has 2 aliphatic rings. The highest BCUT2D eigenvalue weighted by atomic mass is 16.5. The number of carbonyl (C=O) groups excluding carboxylic acids is 2. The number of amides is 2. The first-order valence-electron chi connectivity index (χ1n) is 11.0. The SMILES string of the molecule is CC1(C)CN(C(=O)c2cc(NC(=O)OCC3c4ccccc4-c4ccccc43)n[nH]2)C1C(=O)O. The van der Waals surface area contributed by atoms with Crippen LogP contribution in [0.2, 0.25) is 0 Å². The number of nitrogens with one attached hydrogen (secondary N) is 2. The second-order valence-electron chi connectivity index (χ2n) is 9.28. The fourth-order valence-corrected chi connectivity index (χ4v) is 4.97. The van der Waals surface area contributed by atoms with Crippen molar-refractivity contribution in [1.29, 1.82) is 0 Å². The lowest BCUT2D eigenvalue weighted by atomic mass is 9.74. The minimum atomic E-state index is -1.05. The van der Waals surface area contributed by atoms with Gasteiger partial charge in [-0.3, -0.25) is 15.2 Å². The van der Waals surface area contributed by atoms with Gasteiger partial charge in [-0.25, -0.2) is 9.59 Å². The Kier molecular flexibility index (Phi) is 5.11. The van der Waals surface area contributed by atoms with E-state index < -0.39 is 29.4 Å². The normalized spacial score (nSPS) is 17.9. The smallest absolute Gasteiger partial charge is 0.412 e. The van der Waals surface area contributed by atoms with Gasteiger partial charge in [-0.05, 0) is 22.3 Å². The predicted molar refractivity (Wildman–Crippen MR) is 124 cm³/mol. The fraction of sp³-hybridized carbons (Fsp3) is 0.280. The topological polar surface area (TPSA) is 125 Å². The van der Waals surface area contributed by atoms with Crippen LogP contribution in [0.15, 0.2) is 54.6 Å². The number of H-pyrrole nitrogens is 1. The summed E-state index contributed by atoms with van der Waals surface area (Å²) in [5.41, 5.74) is 4.07. The zero-order valence-electron chi connectivity index (χ0n) is 18.7. The molecule has 1 fully saturated rings. The largest absolute Gasteiger partial charge is 0.480 e. The molecule has 5 rings (SSSR count). The van der Waals surface area contributed by atoms with Crippen molar-refractivity contribution in [1.82, 2.24) is 15.1 Å². The van der Waals surface area contributed by atoms with Crippen LogP contribution in [0.3, 0.4) is 0 Å². The van der Waals surface area contributed by atoms with Gasteiger partial charge in [-0.2, -0.15) is 5.10 Å². The van der Waals surface area contributed by atoms with E-state index in [4.69, 9.17) is 4.74 Å². The van der Waals surface area contributed by atoms with Gasteiger partial charge in [0.2, 0.25) is 0 Å². The van der Waals surface area contributed by atoms with E-state index in [1.165, 1.54) is 11.0 Å². The highest BCUT2D eigenvalue weighted by Gasteiger charge is 2.52. The summed E-state index contributed by atoms with van der Waals surface area (Å²) in [6, 6.07) is 16.6. The number of ether oxygens (including phenoxy) is 1. The molecular weight excluding hydrogens is 436 g/mol. The van der Waals surface area contributed by atoms with Crippen LogP contribution in [-0.2, 0) is 9.53 Å². The Hall–Kier alpha value is -4.14. The van der Waals surface area contributed by atoms with Crippen LogP contribution in [0.4, 0.5) is 10.6 Å². The first kappa shape index (κ1) is 21.7. The van der Waals surface area contributed by atoms with Crippen molar-refractivity contribution in [3.63, 3.8) is 0 Å². The molecule has 1 unspecified atom stereocenters. The highest BCUT2D eigenvalue weighted by molar-refractivity contribution is 5.97. The number of aromatic amines is 1. The van der Waals surface area contributed by atoms with Gasteiger partial charge in [0.05, 0.1) is 0 Å². The predicted octanol–water partition coefficient (Wildman–Crippen LogP) is 3.71. The van der Waals surface area contributed by atoms with Gasteiger partial charge >= 0.3 is 12.1 Å². The average molecular weight is 460 g/mol. The Labute approximate surface area is 195 Å². The van der Waals surface area contributed by atoms with Crippen LogP contribution >= 0.6 is 0 Å². The summed E-state index contributed by atoms with van der Waals surface area (Å²) < 4.78 is 5.49. The van der Waals surface area contributed by atoms with Gasteiger partial charge in [-0.15, -0.1) is 0 Å². The summed E-state index contributed by atoms with van der Waals surface area (Å²) in [6.07, 6.45) is -0.694. The Bertz CT molecular complexity index is 1250. The molecule has 1 aliphatic carbocycles. The molecular formula is C25H24N4O5. The number of hydrogen-bond acceptors (Lipinski definition) is 5. The van der Waals surface area contributed by atoms with Crippen LogP contribution < -0.4 is 5.32 Å². The van der Waals surface area contributed by atoms with Gasteiger partial charge in [0, 0.05) is 23.9 Å². The lowest BCUT2D eigenvalue weighted by Crippen LogP contribution is -2.67. The number of carboxylic acid groups (broad SMARTS) is 1. The second kappa shape index (κ2) is 8.02. The van der Waals surface area contributed by atoms with Crippen molar-refractivity contribution in [2.24, 2.45) is 5.41 Å². The molecule has 9 heteroatoms. The molecule has 2 aromatic carbocycles. The fourth-order valence-electron chi connectivity index (χ4n) is 4.97. The van der Waals surface area contributed by atoms with Crippen LogP contribution in [-0.4, -0.2) is 57.4 Å². The van der Waals surface area contributed by atoms with Crippen LogP contribution in [0.25, 0.3) is 11.1 Å². The Morgan fingerprint density at radius 2 is 1.74 bits per heavy atom. The van der Waals surface area contributed by atoms with Gasteiger partial charge in [0.1, 0.15) is 18.3 Å². The van der Waals surface area contributed by atoms with E-state index in [1.807, 2.05) is 36.4 Å².